The molecule has 1 saturated carbocycles. The molecule has 2 fully saturated rings. The van der Waals surface area contributed by atoms with Gasteiger partial charge in [0.1, 0.15) is 22.4 Å². The third-order valence-corrected chi connectivity index (χ3v) is 7.16. The number of aromatic nitrogens is 3. The molecule has 0 aromatic carbocycles. The molecule has 2 aliphatic carbocycles. The average molecular weight is 430 g/mol. The van der Waals surface area contributed by atoms with Crippen LogP contribution in [0.3, 0.4) is 0 Å². The maximum Gasteiger partial charge on any atom is 0.207 e. The summed E-state index contributed by atoms with van der Waals surface area (Å²) in [5.41, 5.74) is 1.35. The highest BCUT2D eigenvalue weighted by Gasteiger charge is 2.47. The Bertz CT molecular complexity index is 961. The van der Waals surface area contributed by atoms with Gasteiger partial charge in [-0.1, -0.05) is 23.2 Å². The Balaban J connectivity index is 1.55. The fraction of sp³-hybridized carbons (Fsp3) is 0.636. The first-order valence-corrected chi connectivity index (χ1v) is 11.5. The lowest BCUT2D eigenvalue weighted by atomic mass is 9.64. The molecule has 2 aromatic rings. The van der Waals surface area contributed by atoms with Crippen LogP contribution in [0.5, 0.6) is 0 Å². The summed E-state index contributed by atoms with van der Waals surface area (Å²) in [5, 5.41) is 8.27. The molecule has 1 spiro atoms. The van der Waals surface area contributed by atoms with Crippen LogP contribution in [0.25, 0.3) is 11.6 Å². The molecule has 7 nitrogen and oxygen atoms in total. The first-order valence-electron chi connectivity index (χ1n) is 11.1. The van der Waals surface area contributed by atoms with Gasteiger partial charge in [0, 0.05) is 37.2 Å². The predicted octanol–water partition coefficient (Wildman–Crippen LogP) is 3.69. The van der Waals surface area contributed by atoms with E-state index in [1.54, 1.807) is 0 Å². The third kappa shape index (κ3) is 3.32. The van der Waals surface area contributed by atoms with Gasteiger partial charge in [-0.2, -0.15) is 0 Å². The Morgan fingerprint density at radius 3 is 2.93 bits per heavy atom. The number of halogens is 1. The number of carbonyl (C=O) groups is 1. The standard InChI is InChI=1S/C22H28ClN5O2/c1-14-13-24-10-5-11-28(14)18-12-17(23)25-21(26-18)19-15-6-4-9-22(20(15)27-30-19)8-3-2-7-16(22)29/h12,14,24H,2-11,13H2,1H3/t14-,22+/m0/s1. The Morgan fingerprint density at radius 2 is 2.07 bits per heavy atom. The minimum atomic E-state index is -0.472. The van der Waals surface area contributed by atoms with Crippen molar-refractivity contribution in [3.63, 3.8) is 0 Å². The quantitative estimate of drug-likeness (QED) is 0.728. The molecule has 3 heterocycles. The van der Waals surface area contributed by atoms with Crippen LogP contribution in [0, 0.1) is 0 Å². The largest absolute Gasteiger partial charge is 0.352 e. The van der Waals surface area contributed by atoms with E-state index in [4.69, 9.17) is 21.1 Å². The first-order chi connectivity index (χ1) is 14.6. The molecule has 2 aromatic heterocycles. The molecular formula is C22H28ClN5O2. The van der Waals surface area contributed by atoms with Crippen molar-refractivity contribution in [1.29, 1.82) is 0 Å². The maximum absolute atomic E-state index is 12.9. The third-order valence-electron chi connectivity index (χ3n) is 6.97. The van der Waals surface area contributed by atoms with Gasteiger partial charge in [0.25, 0.3) is 0 Å². The molecule has 8 heteroatoms. The van der Waals surface area contributed by atoms with Crippen molar-refractivity contribution in [3.05, 3.63) is 22.5 Å². The monoisotopic (exact) mass is 429 g/mol. The second kappa shape index (κ2) is 7.93. The Labute approximate surface area is 181 Å². The molecule has 3 aliphatic rings. The van der Waals surface area contributed by atoms with Gasteiger partial charge in [-0.15, -0.1) is 0 Å². The van der Waals surface area contributed by atoms with Gasteiger partial charge < -0.3 is 14.7 Å². The molecule has 0 bridgehead atoms. The van der Waals surface area contributed by atoms with E-state index < -0.39 is 5.41 Å². The summed E-state index contributed by atoms with van der Waals surface area (Å²) in [6.45, 7) is 4.99. The Kier molecular flexibility index (Phi) is 5.27. The van der Waals surface area contributed by atoms with Gasteiger partial charge in [-0.05, 0) is 52.0 Å². The van der Waals surface area contributed by atoms with E-state index in [0.717, 1.165) is 81.7 Å². The van der Waals surface area contributed by atoms with Crippen LogP contribution in [-0.2, 0) is 16.6 Å². The molecule has 0 radical (unpaired) electrons. The fourth-order valence-corrected chi connectivity index (χ4v) is 5.57. The lowest BCUT2D eigenvalue weighted by molar-refractivity contribution is -0.127. The van der Waals surface area contributed by atoms with Gasteiger partial charge in [0.2, 0.25) is 11.6 Å². The lowest BCUT2D eigenvalue weighted by Gasteiger charge is -2.37. The van der Waals surface area contributed by atoms with Crippen LogP contribution in [0.15, 0.2) is 10.6 Å². The summed E-state index contributed by atoms with van der Waals surface area (Å²) in [6.07, 6.45) is 7.24. The summed E-state index contributed by atoms with van der Waals surface area (Å²) < 4.78 is 5.81. The van der Waals surface area contributed by atoms with Gasteiger partial charge in [-0.3, -0.25) is 4.79 Å². The summed E-state index contributed by atoms with van der Waals surface area (Å²) in [6, 6.07) is 2.13. The number of rotatable bonds is 2. The minimum absolute atomic E-state index is 0.304. The van der Waals surface area contributed by atoms with Crippen LogP contribution < -0.4 is 10.2 Å². The highest BCUT2D eigenvalue weighted by Crippen LogP contribution is 2.47. The van der Waals surface area contributed by atoms with Crippen LogP contribution in [0.4, 0.5) is 5.82 Å². The summed E-state index contributed by atoms with van der Waals surface area (Å²) in [7, 11) is 0. The van der Waals surface area contributed by atoms with Crippen molar-refractivity contribution in [1.82, 2.24) is 20.4 Å². The van der Waals surface area contributed by atoms with Crippen molar-refractivity contribution in [2.24, 2.45) is 0 Å². The van der Waals surface area contributed by atoms with E-state index in [9.17, 15) is 4.79 Å². The van der Waals surface area contributed by atoms with E-state index in [2.05, 4.69) is 27.3 Å². The normalized spacial score (nSPS) is 27.2. The second-order valence-electron chi connectivity index (χ2n) is 8.88. The van der Waals surface area contributed by atoms with Crippen molar-refractivity contribution in [2.75, 3.05) is 24.5 Å². The zero-order valence-corrected chi connectivity index (χ0v) is 18.2. The van der Waals surface area contributed by atoms with E-state index in [1.165, 1.54) is 0 Å². The number of anilines is 1. The molecule has 0 amide bonds. The topological polar surface area (TPSA) is 84.1 Å². The summed E-state index contributed by atoms with van der Waals surface area (Å²) in [5.74, 6) is 2.17. The fourth-order valence-electron chi connectivity index (χ4n) is 5.39. The van der Waals surface area contributed by atoms with Crippen molar-refractivity contribution in [3.8, 4) is 11.6 Å². The van der Waals surface area contributed by atoms with E-state index >= 15 is 0 Å². The zero-order valence-electron chi connectivity index (χ0n) is 17.4. The second-order valence-corrected chi connectivity index (χ2v) is 9.26. The number of hydrogen-bond acceptors (Lipinski definition) is 7. The molecule has 1 aliphatic heterocycles. The number of carbonyl (C=O) groups excluding carboxylic acids is 1. The number of Topliss-reactive ketones (excluding diaryl/α,β-unsaturated/α-hetero) is 1. The van der Waals surface area contributed by atoms with Crippen LogP contribution in [-0.4, -0.2) is 46.6 Å². The lowest BCUT2D eigenvalue weighted by Crippen LogP contribution is -2.41. The van der Waals surface area contributed by atoms with E-state index in [0.29, 0.717) is 35.0 Å². The van der Waals surface area contributed by atoms with Gasteiger partial charge in [-0.25, -0.2) is 9.97 Å². The predicted molar refractivity (Wildman–Crippen MR) is 115 cm³/mol. The van der Waals surface area contributed by atoms with E-state index in [1.807, 2.05) is 6.07 Å². The molecule has 1 N–H and O–H groups in total. The molecular weight excluding hydrogens is 402 g/mol. The number of fused-ring (bicyclic) bond motifs is 2. The highest BCUT2D eigenvalue weighted by atomic mass is 35.5. The zero-order chi connectivity index (χ0) is 20.7. The van der Waals surface area contributed by atoms with Gasteiger partial charge >= 0.3 is 0 Å². The van der Waals surface area contributed by atoms with Gasteiger partial charge in [0.05, 0.1) is 5.41 Å². The Hall–Kier alpha value is -1.99. The molecule has 1 saturated heterocycles. The number of ketones is 1. The molecule has 30 heavy (non-hydrogen) atoms. The van der Waals surface area contributed by atoms with E-state index in [-0.39, 0.29) is 0 Å². The minimum Gasteiger partial charge on any atom is -0.352 e. The summed E-state index contributed by atoms with van der Waals surface area (Å²) in [4.78, 5) is 24.5. The SMILES string of the molecule is C[C@H]1CNCCCN1c1cc(Cl)nc(-c2onc3c2CCC[C@@]32CCCCC2=O)n1. The Morgan fingerprint density at radius 1 is 1.20 bits per heavy atom. The summed E-state index contributed by atoms with van der Waals surface area (Å²) >= 11 is 6.41. The number of nitrogens with one attached hydrogen (secondary N) is 1. The van der Waals surface area contributed by atoms with Crippen molar-refractivity contribution >= 4 is 23.2 Å². The van der Waals surface area contributed by atoms with Gasteiger partial charge in [0.15, 0.2) is 0 Å². The highest BCUT2D eigenvalue weighted by molar-refractivity contribution is 6.29. The molecule has 2 atom stereocenters. The number of nitrogens with zero attached hydrogens (tertiary/aromatic N) is 4. The maximum atomic E-state index is 12.9. The van der Waals surface area contributed by atoms with Crippen LogP contribution in [0.1, 0.15) is 63.1 Å². The molecule has 0 unspecified atom stereocenters. The van der Waals surface area contributed by atoms with Crippen LogP contribution in [0.2, 0.25) is 5.15 Å². The molecule has 160 valence electrons. The molecule has 5 rings (SSSR count). The smallest absolute Gasteiger partial charge is 0.207 e. The van der Waals surface area contributed by atoms with Crippen LogP contribution >= 0.6 is 11.6 Å². The van der Waals surface area contributed by atoms with Crippen molar-refractivity contribution < 1.29 is 9.32 Å². The number of hydrogen-bond donors (Lipinski definition) is 1. The first kappa shape index (κ1) is 19.9. The van der Waals surface area contributed by atoms with Crippen molar-refractivity contribution in [2.45, 2.75) is 69.7 Å². The average Bonchev–Trinajstić information content (AvgIpc) is 3.06.